The van der Waals surface area contributed by atoms with Crippen LogP contribution >= 0.6 is 0 Å². The molecule has 21 heavy (non-hydrogen) atoms. The second-order valence-corrected chi connectivity index (χ2v) is 6.48. The summed E-state index contributed by atoms with van der Waals surface area (Å²) in [7, 11) is 1.43. The van der Waals surface area contributed by atoms with Crippen LogP contribution in [0.5, 0.6) is 0 Å². The highest BCUT2D eigenvalue weighted by Gasteiger charge is 2.24. The fourth-order valence-corrected chi connectivity index (χ4v) is 3.31. The van der Waals surface area contributed by atoms with E-state index in [0.717, 1.165) is 23.1 Å². The van der Waals surface area contributed by atoms with Crippen molar-refractivity contribution in [3.05, 3.63) is 29.3 Å². The molecule has 3 heteroatoms. The minimum atomic E-state index is -0.264. The van der Waals surface area contributed by atoms with E-state index < -0.39 is 0 Å². The molecule has 2 unspecified atom stereocenters. The highest BCUT2D eigenvalue weighted by Crippen LogP contribution is 2.32. The summed E-state index contributed by atoms with van der Waals surface area (Å²) in [4.78, 5) is 11.8. The van der Waals surface area contributed by atoms with Gasteiger partial charge in [-0.1, -0.05) is 32.8 Å². The monoisotopic (exact) mass is 289 g/mol. The molecule has 0 aliphatic heterocycles. The maximum Gasteiger partial charge on any atom is 0.338 e. The Morgan fingerprint density at radius 3 is 2.76 bits per heavy atom. The van der Waals surface area contributed by atoms with Crippen LogP contribution in [0.3, 0.4) is 0 Å². The predicted molar refractivity (Wildman–Crippen MR) is 86.7 cm³/mol. The number of ether oxygens (including phenoxy) is 1. The number of rotatable bonds is 4. The number of methoxy groups -OCH3 is 1. The largest absolute Gasteiger partial charge is 0.465 e. The lowest BCUT2D eigenvalue weighted by Gasteiger charge is -2.33. The summed E-state index contributed by atoms with van der Waals surface area (Å²) in [5.41, 5.74) is 2.70. The van der Waals surface area contributed by atoms with Gasteiger partial charge in [-0.05, 0) is 49.3 Å². The molecule has 1 saturated carbocycles. The van der Waals surface area contributed by atoms with Crippen LogP contribution in [-0.2, 0) is 4.74 Å². The van der Waals surface area contributed by atoms with E-state index in [9.17, 15) is 4.79 Å². The minimum absolute atomic E-state index is 0.264. The van der Waals surface area contributed by atoms with Gasteiger partial charge >= 0.3 is 5.97 Å². The molecule has 1 aliphatic rings. The minimum Gasteiger partial charge on any atom is -0.465 e. The van der Waals surface area contributed by atoms with Gasteiger partial charge in [0.2, 0.25) is 0 Å². The second-order valence-electron chi connectivity index (χ2n) is 6.48. The number of esters is 1. The van der Waals surface area contributed by atoms with Crippen molar-refractivity contribution in [2.45, 2.75) is 52.5 Å². The molecule has 2 atom stereocenters. The topological polar surface area (TPSA) is 38.3 Å². The van der Waals surface area contributed by atoms with Crippen LogP contribution in [0.2, 0.25) is 0 Å². The summed E-state index contributed by atoms with van der Waals surface area (Å²) in [6, 6.07) is 6.31. The second kappa shape index (κ2) is 6.97. The van der Waals surface area contributed by atoms with Gasteiger partial charge < -0.3 is 10.1 Å². The molecule has 1 aromatic carbocycles. The van der Waals surface area contributed by atoms with Crippen molar-refractivity contribution in [3.8, 4) is 0 Å². The van der Waals surface area contributed by atoms with E-state index in [1.807, 2.05) is 19.1 Å². The number of hydrogen-bond acceptors (Lipinski definition) is 3. The van der Waals surface area contributed by atoms with Gasteiger partial charge in [-0.2, -0.15) is 0 Å². The molecular weight excluding hydrogens is 262 g/mol. The molecule has 0 bridgehead atoms. The van der Waals surface area contributed by atoms with Crippen LogP contribution < -0.4 is 5.32 Å². The van der Waals surface area contributed by atoms with Crippen LogP contribution in [0.25, 0.3) is 0 Å². The summed E-state index contributed by atoms with van der Waals surface area (Å²) >= 11 is 0. The van der Waals surface area contributed by atoms with Crippen molar-refractivity contribution in [1.82, 2.24) is 0 Å². The molecule has 0 saturated heterocycles. The lowest BCUT2D eigenvalue weighted by Crippen LogP contribution is -2.29. The lowest BCUT2D eigenvalue weighted by atomic mass is 9.79. The number of nitrogens with one attached hydrogen (secondary N) is 1. The Bertz CT molecular complexity index is 496. The Kier molecular flexibility index (Phi) is 5.27. The van der Waals surface area contributed by atoms with Gasteiger partial charge in [0, 0.05) is 11.7 Å². The van der Waals surface area contributed by atoms with Crippen LogP contribution in [0.4, 0.5) is 5.69 Å². The molecule has 1 fully saturated rings. The van der Waals surface area contributed by atoms with E-state index in [-0.39, 0.29) is 5.97 Å². The molecule has 116 valence electrons. The van der Waals surface area contributed by atoms with Gasteiger partial charge in [0.25, 0.3) is 0 Å². The van der Waals surface area contributed by atoms with Crippen molar-refractivity contribution in [2.24, 2.45) is 11.8 Å². The van der Waals surface area contributed by atoms with Gasteiger partial charge in [-0.25, -0.2) is 4.79 Å². The Morgan fingerprint density at radius 2 is 2.10 bits per heavy atom. The van der Waals surface area contributed by atoms with Crippen molar-refractivity contribution < 1.29 is 9.53 Å². The van der Waals surface area contributed by atoms with Crippen molar-refractivity contribution in [3.63, 3.8) is 0 Å². The third kappa shape index (κ3) is 3.78. The standard InChI is InChI=1S/C18H27NO2/c1-12(2)14-7-5-8-15(11-14)19-17-10-6-9-16(13(17)3)18(20)21-4/h6,9-10,12,14-15,19H,5,7-8,11H2,1-4H3. The van der Waals surface area contributed by atoms with Crippen LogP contribution in [-0.4, -0.2) is 19.1 Å². The van der Waals surface area contributed by atoms with Crippen molar-refractivity contribution >= 4 is 11.7 Å². The SMILES string of the molecule is COC(=O)c1cccc(NC2CCCC(C(C)C)C2)c1C. The smallest absolute Gasteiger partial charge is 0.338 e. The van der Waals surface area contributed by atoms with Gasteiger partial charge in [0.1, 0.15) is 0 Å². The average Bonchev–Trinajstić information content (AvgIpc) is 2.49. The molecule has 0 aromatic heterocycles. The van der Waals surface area contributed by atoms with Gasteiger partial charge in [-0.15, -0.1) is 0 Å². The molecule has 1 N–H and O–H groups in total. The van der Waals surface area contributed by atoms with Crippen molar-refractivity contribution in [2.75, 3.05) is 12.4 Å². The zero-order valence-electron chi connectivity index (χ0n) is 13.6. The van der Waals surface area contributed by atoms with Crippen LogP contribution in [0, 0.1) is 18.8 Å². The summed E-state index contributed by atoms with van der Waals surface area (Å²) in [5, 5.41) is 3.65. The normalized spacial score (nSPS) is 22.1. The summed E-state index contributed by atoms with van der Waals surface area (Å²) in [6.45, 7) is 6.61. The summed E-state index contributed by atoms with van der Waals surface area (Å²) in [5.74, 6) is 1.29. The molecule has 1 aromatic rings. The van der Waals surface area contributed by atoms with E-state index in [1.165, 1.54) is 32.8 Å². The third-order valence-electron chi connectivity index (χ3n) is 4.76. The third-order valence-corrected chi connectivity index (χ3v) is 4.76. The summed E-state index contributed by atoms with van der Waals surface area (Å²) in [6.07, 6.45) is 5.07. The zero-order valence-corrected chi connectivity index (χ0v) is 13.6. The molecular formula is C18H27NO2. The fraction of sp³-hybridized carbons (Fsp3) is 0.611. The first-order valence-electron chi connectivity index (χ1n) is 7.97. The van der Waals surface area contributed by atoms with E-state index in [4.69, 9.17) is 4.74 Å². The quantitative estimate of drug-likeness (QED) is 0.834. The Hall–Kier alpha value is -1.51. The Labute approximate surface area is 128 Å². The highest BCUT2D eigenvalue weighted by atomic mass is 16.5. The van der Waals surface area contributed by atoms with Crippen LogP contribution in [0.1, 0.15) is 55.5 Å². The Balaban J connectivity index is 2.11. The molecule has 0 heterocycles. The van der Waals surface area contributed by atoms with Gasteiger partial charge in [0.15, 0.2) is 0 Å². The molecule has 2 rings (SSSR count). The molecule has 0 amide bonds. The maximum atomic E-state index is 11.8. The van der Waals surface area contributed by atoms with Gasteiger partial charge in [-0.3, -0.25) is 0 Å². The number of carbonyl (C=O) groups is 1. The van der Waals surface area contributed by atoms with E-state index in [2.05, 4.69) is 25.2 Å². The summed E-state index contributed by atoms with van der Waals surface area (Å²) < 4.78 is 4.84. The lowest BCUT2D eigenvalue weighted by molar-refractivity contribution is 0.0600. The molecule has 0 spiro atoms. The first-order chi connectivity index (χ1) is 10.0. The Morgan fingerprint density at radius 1 is 1.33 bits per heavy atom. The van der Waals surface area contributed by atoms with Gasteiger partial charge in [0.05, 0.1) is 12.7 Å². The number of hydrogen-bond donors (Lipinski definition) is 1. The first kappa shape index (κ1) is 15.9. The average molecular weight is 289 g/mol. The number of anilines is 1. The fourth-order valence-electron chi connectivity index (χ4n) is 3.31. The first-order valence-corrected chi connectivity index (χ1v) is 7.97. The van der Waals surface area contributed by atoms with E-state index in [1.54, 1.807) is 0 Å². The number of benzene rings is 1. The highest BCUT2D eigenvalue weighted by molar-refractivity contribution is 5.92. The predicted octanol–water partition coefficient (Wildman–Crippen LogP) is 4.41. The maximum absolute atomic E-state index is 11.8. The van der Waals surface area contributed by atoms with E-state index in [0.29, 0.717) is 11.6 Å². The van der Waals surface area contributed by atoms with Crippen LogP contribution in [0.15, 0.2) is 18.2 Å². The molecule has 1 aliphatic carbocycles. The molecule has 0 radical (unpaired) electrons. The molecule has 3 nitrogen and oxygen atoms in total. The van der Waals surface area contributed by atoms with Crippen molar-refractivity contribution in [1.29, 1.82) is 0 Å². The number of carbonyl (C=O) groups excluding carboxylic acids is 1. The zero-order chi connectivity index (χ0) is 15.4. The van der Waals surface area contributed by atoms with E-state index >= 15 is 0 Å².